The summed E-state index contributed by atoms with van der Waals surface area (Å²) in [6.45, 7) is 4.32. The fourth-order valence-corrected chi connectivity index (χ4v) is 2.32. The van der Waals surface area contributed by atoms with Crippen molar-refractivity contribution in [3.63, 3.8) is 0 Å². The van der Waals surface area contributed by atoms with Crippen molar-refractivity contribution < 1.29 is 14.6 Å². The van der Waals surface area contributed by atoms with Gasteiger partial charge in [-0.25, -0.2) is 0 Å². The highest BCUT2D eigenvalue weighted by atomic mass is 16.5. The van der Waals surface area contributed by atoms with E-state index in [9.17, 15) is 5.11 Å². The smallest absolute Gasteiger partial charge is 0.125 e. The number of aliphatic hydroxyl groups excluding tert-OH is 1. The minimum Gasteiger partial charge on any atom is -0.496 e. The first-order valence-corrected chi connectivity index (χ1v) is 6.53. The van der Waals surface area contributed by atoms with E-state index in [2.05, 4.69) is 11.8 Å². The van der Waals surface area contributed by atoms with Crippen molar-refractivity contribution in [1.82, 2.24) is 4.90 Å². The van der Waals surface area contributed by atoms with Gasteiger partial charge in [-0.3, -0.25) is 4.90 Å². The number of hydrogen-bond donors (Lipinski definition) is 2. The normalized spacial score (nSPS) is 24.4. The number of nitrogens with zero attached hydrogens (tertiary/aromatic N) is 1. The average Bonchev–Trinajstić information content (AvgIpc) is 2.43. The van der Waals surface area contributed by atoms with E-state index in [0.29, 0.717) is 18.3 Å². The Morgan fingerprint density at radius 2 is 2.32 bits per heavy atom. The van der Waals surface area contributed by atoms with E-state index in [1.54, 1.807) is 7.11 Å². The van der Waals surface area contributed by atoms with E-state index in [1.165, 1.54) is 0 Å². The molecule has 1 fully saturated rings. The Hall–Kier alpha value is -1.30. The lowest BCUT2D eigenvalue weighted by atomic mass is 10.1. The quantitative estimate of drug-likeness (QED) is 0.791. The molecule has 0 aliphatic carbocycles. The molecule has 5 heteroatoms. The van der Waals surface area contributed by atoms with Gasteiger partial charge in [0.1, 0.15) is 5.75 Å². The summed E-state index contributed by atoms with van der Waals surface area (Å²) in [5.41, 5.74) is 7.56. The number of aliphatic hydroxyl groups is 1. The zero-order valence-electron chi connectivity index (χ0n) is 11.5. The number of anilines is 1. The molecular formula is C14H22N2O3. The third-order valence-corrected chi connectivity index (χ3v) is 3.52. The number of nitrogen functional groups attached to an aromatic ring is 1. The molecule has 0 saturated carbocycles. The largest absolute Gasteiger partial charge is 0.496 e. The lowest BCUT2D eigenvalue weighted by molar-refractivity contribution is -0.0806. The molecule has 0 amide bonds. The zero-order chi connectivity index (χ0) is 13.8. The second kappa shape index (κ2) is 6.23. The van der Waals surface area contributed by atoms with Crippen molar-refractivity contribution in [3.05, 3.63) is 23.8 Å². The molecule has 0 bridgehead atoms. The fourth-order valence-electron chi connectivity index (χ4n) is 2.32. The molecule has 1 heterocycles. The Morgan fingerprint density at radius 1 is 1.53 bits per heavy atom. The van der Waals surface area contributed by atoms with Crippen molar-refractivity contribution in [2.75, 3.05) is 32.6 Å². The summed E-state index contributed by atoms with van der Waals surface area (Å²) >= 11 is 0. The van der Waals surface area contributed by atoms with Crippen molar-refractivity contribution in [2.45, 2.75) is 25.6 Å². The van der Waals surface area contributed by atoms with E-state index in [1.807, 2.05) is 18.2 Å². The van der Waals surface area contributed by atoms with Gasteiger partial charge in [-0.05, 0) is 13.0 Å². The molecule has 19 heavy (non-hydrogen) atoms. The molecule has 0 radical (unpaired) electrons. The minimum atomic E-state index is -0.101. The van der Waals surface area contributed by atoms with Gasteiger partial charge in [0.05, 0.1) is 26.4 Å². The van der Waals surface area contributed by atoms with E-state index >= 15 is 0 Å². The molecule has 1 aliphatic heterocycles. The van der Waals surface area contributed by atoms with E-state index in [4.69, 9.17) is 15.2 Å². The molecule has 106 valence electrons. The Morgan fingerprint density at radius 3 is 3.00 bits per heavy atom. The summed E-state index contributed by atoms with van der Waals surface area (Å²) in [5, 5.41) is 9.21. The Kier molecular flexibility index (Phi) is 4.63. The number of methoxy groups -OCH3 is 1. The molecule has 2 unspecified atom stereocenters. The van der Waals surface area contributed by atoms with Crippen LogP contribution in [0.2, 0.25) is 0 Å². The summed E-state index contributed by atoms with van der Waals surface area (Å²) in [7, 11) is 1.65. The SMILES string of the molecule is COc1cc(N)ccc1CN1CC(CO)OCC1C. The van der Waals surface area contributed by atoms with Crippen LogP contribution in [0, 0.1) is 0 Å². The molecule has 0 spiro atoms. The molecule has 1 aromatic rings. The van der Waals surface area contributed by atoms with Crippen LogP contribution in [0.4, 0.5) is 5.69 Å². The maximum atomic E-state index is 9.21. The number of benzene rings is 1. The molecule has 3 N–H and O–H groups in total. The maximum Gasteiger partial charge on any atom is 0.125 e. The highest BCUT2D eigenvalue weighted by molar-refractivity contribution is 5.48. The monoisotopic (exact) mass is 266 g/mol. The average molecular weight is 266 g/mol. The summed E-state index contributed by atoms with van der Waals surface area (Å²) in [6, 6.07) is 6.03. The maximum absolute atomic E-state index is 9.21. The first-order valence-electron chi connectivity index (χ1n) is 6.53. The van der Waals surface area contributed by atoms with Gasteiger partial charge in [-0.2, -0.15) is 0 Å². The number of hydrogen-bond acceptors (Lipinski definition) is 5. The van der Waals surface area contributed by atoms with Crippen LogP contribution in [0.15, 0.2) is 18.2 Å². The second-order valence-electron chi connectivity index (χ2n) is 4.99. The molecule has 2 rings (SSSR count). The van der Waals surface area contributed by atoms with Crippen molar-refractivity contribution in [2.24, 2.45) is 0 Å². The van der Waals surface area contributed by atoms with Gasteiger partial charge in [-0.1, -0.05) is 6.07 Å². The lowest BCUT2D eigenvalue weighted by Crippen LogP contribution is -2.48. The summed E-state index contributed by atoms with van der Waals surface area (Å²) in [4.78, 5) is 2.29. The van der Waals surface area contributed by atoms with Crippen molar-refractivity contribution in [3.8, 4) is 5.75 Å². The van der Waals surface area contributed by atoms with Crippen molar-refractivity contribution in [1.29, 1.82) is 0 Å². The predicted octanol–water partition coefficient (Wildman–Crippen LogP) is 0.859. The summed E-state index contributed by atoms with van der Waals surface area (Å²) in [6.07, 6.45) is -0.101. The molecule has 1 aliphatic rings. The molecular weight excluding hydrogens is 244 g/mol. The fraction of sp³-hybridized carbons (Fsp3) is 0.571. The van der Waals surface area contributed by atoms with Crippen LogP contribution >= 0.6 is 0 Å². The van der Waals surface area contributed by atoms with Crippen LogP contribution < -0.4 is 10.5 Å². The highest BCUT2D eigenvalue weighted by Crippen LogP contribution is 2.25. The number of nitrogens with two attached hydrogens (primary N) is 1. The molecule has 0 aromatic heterocycles. The number of morpholine rings is 1. The van der Waals surface area contributed by atoms with E-state index < -0.39 is 0 Å². The van der Waals surface area contributed by atoms with Gasteiger partial charge >= 0.3 is 0 Å². The minimum absolute atomic E-state index is 0.0576. The van der Waals surface area contributed by atoms with Gasteiger partial charge in [0.15, 0.2) is 0 Å². The third kappa shape index (κ3) is 3.37. The van der Waals surface area contributed by atoms with Crippen LogP contribution in [-0.2, 0) is 11.3 Å². The molecule has 1 saturated heterocycles. The Balaban J connectivity index is 2.11. The summed E-state index contributed by atoms with van der Waals surface area (Å²) in [5.74, 6) is 0.805. The Labute approximate surface area is 113 Å². The number of rotatable bonds is 4. The zero-order valence-corrected chi connectivity index (χ0v) is 11.5. The van der Waals surface area contributed by atoms with Crippen LogP contribution in [0.5, 0.6) is 5.75 Å². The van der Waals surface area contributed by atoms with Gasteiger partial charge in [0.2, 0.25) is 0 Å². The molecule has 5 nitrogen and oxygen atoms in total. The third-order valence-electron chi connectivity index (χ3n) is 3.52. The summed E-state index contributed by atoms with van der Waals surface area (Å²) < 4.78 is 10.9. The Bertz CT molecular complexity index is 425. The first kappa shape index (κ1) is 14.1. The molecule has 1 aromatic carbocycles. The predicted molar refractivity (Wildman–Crippen MR) is 74.1 cm³/mol. The molecule has 2 atom stereocenters. The van der Waals surface area contributed by atoms with Gasteiger partial charge in [0, 0.05) is 36.4 Å². The highest BCUT2D eigenvalue weighted by Gasteiger charge is 2.26. The van der Waals surface area contributed by atoms with Crippen LogP contribution in [0.3, 0.4) is 0 Å². The number of ether oxygens (including phenoxy) is 2. The van der Waals surface area contributed by atoms with Crippen molar-refractivity contribution >= 4 is 5.69 Å². The second-order valence-corrected chi connectivity index (χ2v) is 4.99. The van der Waals surface area contributed by atoms with Gasteiger partial charge < -0.3 is 20.3 Å². The van der Waals surface area contributed by atoms with Crippen LogP contribution in [-0.4, -0.2) is 49.0 Å². The topological polar surface area (TPSA) is 68.0 Å². The van der Waals surface area contributed by atoms with E-state index in [-0.39, 0.29) is 12.7 Å². The van der Waals surface area contributed by atoms with Gasteiger partial charge in [-0.15, -0.1) is 0 Å². The van der Waals surface area contributed by atoms with Crippen LogP contribution in [0.25, 0.3) is 0 Å². The first-order chi connectivity index (χ1) is 9.13. The van der Waals surface area contributed by atoms with Gasteiger partial charge in [0.25, 0.3) is 0 Å². The van der Waals surface area contributed by atoms with E-state index in [0.717, 1.165) is 24.4 Å². The van der Waals surface area contributed by atoms with Crippen LogP contribution in [0.1, 0.15) is 12.5 Å². The standard InChI is InChI=1S/C14H22N2O3/c1-10-9-19-13(8-17)7-16(10)6-11-3-4-12(15)5-14(11)18-2/h3-5,10,13,17H,6-9,15H2,1-2H3. The lowest BCUT2D eigenvalue weighted by Gasteiger charge is -2.37.